The molecule has 0 amide bonds. The molecule has 98 valence electrons. The third-order valence-electron chi connectivity index (χ3n) is 2.70. The van der Waals surface area contributed by atoms with Gasteiger partial charge in [-0.05, 0) is 18.2 Å². The quantitative estimate of drug-likeness (QED) is 0.480. The van der Waals surface area contributed by atoms with E-state index < -0.39 is 10.9 Å². The number of esters is 1. The molecule has 1 aromatic carbocycles. The maximum atomic E-state index is 11.8. The summed E-state index contributed by atoms with van der Waals surface area (Å²) in [6.07, 6.45) is 1.84. The Hall–Kier alpha value is -2.63. The second-order valence-electron chi connectivity index (χ2n) is 3.99. The highest BCUT2D eigenvalue weighted by molar-refractivity contribution is 5.90. The maximum absolute atomic E-state index is 11.8. The number of nitro groups is 1. The van der Waals surface area contributed by atoms with Crippen LogP contribution in [0.15, 0.2) is 42.6 Å². The highest BCUT2D eigenvalue weighted by Crippen LogP contribution is 2.14. The lowest BCUT2D eigenvalue weighted by Gasteiger charge is -2.05. The SMILES string of the molecule is Cn1cccc1COC(=O)c1cccc([N+](=O)[O-])c1. The largest absolute Gasteiger partial charge is 0.456 e. The topological polar surface area (TPSA) is 74.4 Å². The van der Waals surface area contributed by atoms with Crippen LogP contribution in [0.3, 0.4) is 0 Å². The fourth-order valence-corrected chi connectivity index (χ4v) is 1.62. The minimum absolute atomic E-state index is 0.130. The molecule has 0 aliphatic rings. The van der Waals surface area contributed by atoms with Crippen molar-refractivity contribution < 1.29 is 14.5 Å². The van der Waals surface area contributed by atoms with Gasteiger partial charge >= 0.3 is 5.97 Å². The van der Waals surface area contributed by atoms with Gasteiger partial charge in [-0.25, -0.2) is 4.79 Å². The van der Waals surface area contributed by atoms with E-state index in [0.29, 0.717) is 0 Å². The van der Waals surface area contributed by atoms with E-state index in [0.717, 1.165) is 5.69 Å². The Balaban J connectivity index is 2.06. The third kappa shape index (κ3) is 2.98. The summed E-state index contributed by atoms with van der Waals surface area (Å²) in [4.78, 5) is 21.8. The zero-order valence-electron chi connectivity index (χ0n) is 10.3. The maximum Gasteiger partial charge on any atom is 0.338 e. The number of carbonyl (C=O) groups excluding carboxylic acids is 1. The monoisotopic (exact) mass is 260 g/mol. The van der Waals surface area contributed by atoms with Crippen molar-refractivity contribution >= 4 is 11.7 Å². The second kappa shape index (κ2) is 5.34. The summed E-state index contributed by atoms with van der Waals surface area (Å²) in [5, 5.41) is 10.6. The number of carbonyl (C=O) groups is 1. The molecule has 6 nitrogen and oxygen atoms in total. The minimum atomic E-state index is -0.579. The lowest BCUT2D eigenvalue weighted by Crippen LogP contribution is -2.07. The average molecular weight is 260 g/mol. The number of non-ortho nitro benzene ring substituents is 1. The molecule has 0 saturated carbocycles. The molecule has 0 fully saturated rings. The molecule has 0 atom stereocenters. The molecule has 0 saturated heterocycles. The van der Waals surface area contributed by atoms with Gasteiger partial charge in [0.15, 0.2) is 0 Å². The summed E-state index contributed by atoms with van der Waals surface area (Å²) in [7, 11) is 1.84. The predicted octanol–water partition coefficient (Wildman–Crippen LogP) is 2.29. The van der Waals surface area contributed by atoms with Crippen LogP contribution in [0.2, 0.25) is 0 Å². The van der Waals surface area contributed by atoms with Gasteiger partial charge in [0.2, 0.25) is 0 Å². The summed E-state index contributed by atoms with van der Waals surface area (Å²) in [6, 6.07) is 9.15. The molecule has 6 heteroatoms. The van der Waals surface area contributed by atoms with Gasteiger partial charge in [-0.3, -0.25) is 10.1 Å². The number of nitro benzene ring substituents is 1. The first kappa shape index (κ1) is 12.8. The van der Waals surface area contributed by atoms with Crippen LogP contribution in [0.25, 0.3) is 0 Å². The number of hydrogen-bond donors (Lipinski definition) is 0. The first-order valence-electron chi connectivity index (χ1n) is 5.59. The van der Waals surface area contributed by atoms with Crippen LogP contribution in [0, 0.1) is 10.1 Å². The van der Waals surface area contributed by atoms with Crippen LogP contribution >= 0.6 is 0 Å². The van der Waals surface area contributed by atoms with Crippen molar-refractivity contribution in [2.24, 2.45) is 7.05 Å². The van der Waals surface area contributed by atoms with E-state index in [-0.39, 0.29) is 17.9 Å². The van der Waals surface area contributed by atoms with Crippen LogP contribution in [-0.2, 0) is 18.4 Å². The van der Waals surface area contributed by atoms with Crippen molar-refractivity contribution in [3.8, 4) is 0 Å². The van der Waals surface area contributed by atoms with Crippen molar-refractivity contribution in [3.63, 3.8) is 0 Å². The fourth-order valence-electron chi connectivity index (χ4n) is 1.62. The number of hydrogen-bond acceptors (Lipinski definition) is 4. The second-order valence-corrected chi connectivity index (χ2v) is 3.99. The zero-order valence-corrected chi connectivity index (χ0v) is 10.3. The Bertz CT molecular complexity index is 619. The van der Waals surface area contributed by atoms with Crippen LogP contribution in [0.5, 0.6) is 0 Å². The molecule has 1 heterocycles. The number of benzene rings is 1. The van der Waals surface area contributed by atoms with E-state index in [1.54, 1.807) is 0 Å². The Morgan fingerprint density at radius 2 is 2.16 bits per heavy atom. The summed E-state index contributed by atoms with van der Waals surface area (Å²) in [6.45, 7) is 0.130. The number of aromatic nitrogens is 1. The number of aryl methyl sites for hydroxylation is 1. The van der Waals surface area contributed by atoms with Gasteiger partial charge in [0.05, 0.1) is 16.2 Å². The van der Waals surface area contributed by atoms with Crippen molar-refractivity contribution in [2.75, 3.05) is 0 Å². The zero-order chi connectivity index (χ0) is 13.8. The molecule has 19 heavy (non-hydrogen) atoms. The number of rotatable bonds is 4. The molecular formula is C13H12N2O4. The fraction of sp³-hybridized carbons (Fsp3) is 0.154. The summed E-state index contributed by atoms with van der Waals surface area (Å²) in [5.74, 6) is -0.579. The molecule has 0 spiro atoms. The molecule has 2 rings (SSSR count). The number of ether oxygens (including phenoxy) is 1. The van der Waals surface area contributed by atoms with Gasteiger partial charge < -0.3 is 9.30 Å². The van der Waals surface area contributed by atoms with Crippen LogP contribution < -0.4 is 0 Å². The lowest BCUT2D eigenvalue weighted by atomic mass is 10.2. The van der Waals surface area contributed by atoms with Gasteiger partial charge in [-0.2, -0.15) is 0 Å². The summed E-state index contributed by atoms with van der Waals surface area (Å²) >= 11 is 0. The molecule has 0 N–H and O–H groups in total. The van der Waals surface area contributed by atoms with Gasteiger partial charge in [0, 0.05) is 25.4 Å². The molecule has 0 aliphatic carbocycles. The van der Waals surface area contributed by atoms with E-state index in [1.807, 2.05) is 29.9 Å². The van der Waals surface area contributed by atoms with Crippen LogP contribution in [0.1, 0.15) is 16.1 Å². The highest BCUT2D eigenvalue weighted by Gasteiger charge is 2.13. The van der Waals surface area contributed by atoms with Crippen molar-refractivity contribution in [1.29, 1.82) is 0 Å². The van der Waals surface area contributed by atoms with E-state index in [4.69, 9.17) is 4.74 Å². The molecule has 0 unspecified atom stereocenters. The van der Waals surface area contributed by atoms with Gasteiger partial charge in [-0.15, -0.1) is 0 Å². The molecule has 0 radical (unpaired) electrons. The summed E-state index contributed by atoms with van der Waals surface area (Å²) < 4.78 is 6.94. The Labute approximate surface area is 109 Å². The van der Waals surface area contributed by atoms with Crippen molar-refractivity contribution in [2.45, 2.75) is 6.61 Å². The van der Waals surface area contributed by atoms with Crippen LogP contribution in [-0.4, -0.2) is 15.5 Å². The lowest BCUT2D eigenvalue weighted by molar-refractivity contribution is -0.384. The molecule has 2 aromatic rings. The normalized spacial score (nSPS) is 10.2. The predicted molar refractivity (Wildman–Crippen MR) is 67.6 cm³/mol. The number of nitrogens with zero attached hydrogens (tertiary/aromatic N) is 2. The molecule has 0 aliphatic heterocycles. The van der Waals surface area contributed by atoms with Gasteiger partial charge in [-0.1, -0.05) is 6.07 Å². The van der Waals surface area contributed by atoms with Gasteiger partial charge in [0.1, 0.15) is 6.61 Å². The Morgan fingerprint density at radius 3 is 2.79 bits per heavy atom. The molecular weight excluding hydrogens is 248 g/mol. The smallest absolute Gasteiger partial charge is 0.338 e. The van der Waals surface area contributed by atoms with E-state index in [1.165, 1.54) is 24.3 Å². The summed E-state index contributed by atoms with van der Waals surface area (Å²) in [5.41, 5.74) is 0.885. The van der Waals surface area contributed by atoms with Gasteiger partial charge in [0.25, 0.3) is 5.69 Å². The van der Waals surface area contributed by atoms with Crippen molar-refractivity contribution in [3.05, 3.63) is 64.0 Å². The first-order valence-corrected chi connectivity index (χ1v) is 5.59. The van der Waals surface area contributed by atoms with E-state index in [9.17, 15) is 14.9 Å². The van der Waals surface area contributed by atoms with E-state index >= 15 is 0 Å². The Morgan fingerprint density at radius 1 is 1.37 bits per heavy atom. The van der Waals surface area contributed by atoms with Crippen LogP contribution in [0.4, 0.5) is 5.69 Å². The standard InChI is InChI=1S/C13H12N2O4/c1-14-7-3-6-12(14)9-19-13(16)10-4-2-5-11(8-10)15(17)18/h2-8H,9H2,1H3. The van der Waals surface area contributed by atoms with E-state index in [2.05, 4.69) is 0 Å². The minimum Gasteiger partial charge on any atom is -0.456 e. The third-order valence-corrected chi connectivity index (χ3v) is 2.70. The highest BCUT2D eigenvalue weighted by atomic mass is 16.6. The van der Waals surface area contributed by atoms with Crippen molar-refractivity contribution in [1.82, 2.24) is 4.57 Å². The molecule has 0 bridgehead atoms. The Kier molecular flexibility index (Phi) is 3.61. The molecule has 1 aromatic heterocycles. The average Bonchev–Trinajstić information content (AvgIpc) is 2.81. The first-order chi connectivity index (χ1) is 9.08.